The van der Waals surface area contributed by atoms with Gasteiger partial charge in [-0.05, 0) is 18.4 Å². The zero-order chi connectivity index (χ0) is 15.1. The zero-order valence-electron chi connectivity index (χ0n) is 10.9. The van der Waals surface area contributed by atoms with Gasteiger partial charge in [-0.1, -0.05) is 6.92 Å². The van der Waals surface area contributed by atoms with Gasteiger partial charge in [0.15, 0.2) is 0 Å². The van der Waals surface area contributed by atoms with Gasteiger partial charge >= 0.3 is 0 Å². The first-order valence-electron chi connectivity index (χ1n) is 6.16. The molecule has 1 aliphatic heterocycles. The van der Waals surface area contributed by atoms with Crippen LogP contribution >= 0.6 is 0 Å². The van der Waals surface area contributed by atoms with Gasteiger partial charge in [0.2, 0.25) is 10.0 Å². The van der Waals surface area contributed by atoms with Crippen molar-refractivity contribution in [2.75, 3.05) is 18.8 Å². The SMILES string of the molecule is CC1CN(S(=O)(=O)c2cc(N)c(F)cc2F)CCC1O. The van der Waals surface area contributed by atoms with Gasteiger partial charge in [-0.15, -0.1) is 0 Å². The number of sulfonamides is 1. The largest absolute Gasteiger partial charge is 0.396 e. The Bertz CT molecular complexity index is 621. The highest BCUT2D eigenvalue weighted by atomic mass is 32.2. The third-order valence-corrected chi connectivity index (χ3v) is 5.37. The van der Waals surface area contributed by atoms with Crippen LogP contribution in [0.15, 0.2) is 17.0 Å². The first-order valence-corrected chi connectivity index (χ1v) is 7.60. The maximum atomic E-state index is 13.7. The van der Waals surface area contributed by atoms with Crippen molar-refractivity contribution in [2.24, 2.45) is 5.92 Å². The molecule has 112 valence electrons. The average molecular weight is 306 g/mol. The molecule has 1 heterocycles. The Kier molecular flexibility index (Phi) is 3.99. The summed E-state index contributed by atoms with van der Waals surface area (Å²) in [5.74, 6) is -2.42. The van der Waals surface area contributed by atoms with Gasteiger partial charge in [0.25, 0.3) is 0 Å². The van der Waals surface area contributed by atoms with Crippen LogP contribution in [0, 0.1) is 17.6 Å². The number of aliphatic hydroxyl groups is 1. The fourth-order valence-corrected chi connectivity index (χ4v) is 3.83. The van der Waals surface area contributed by atoms with E-state index in [1.807, 2.05) is 0 Å². The van der Waals surface area contributed by atoms with Gasteiger partial charge in [0.05, 0.1) is 11.8 Å². The number of rotatable bonds is 2. The van der Waals surface area contributed by atoms with Crippen LogP contribution in [-0.2, 0) is 10.0 Å². The third kappa shape index (κ3) is 2.63. The van der Waals surface area contributed by atoms with E-state index in [0.29, 0.717) is 6.07 Å². The monoisotopic (exact) mass is 306 g/mol. The first kappa shape index (κ1) is 15.1. The molecule has 0 amide bonds. The minimum Gasteiger partial charge on any atom is -0.396 e. The smallest absolute Gasteiger partial charge is 0.246 e. The Labute approximate surface area is 116 Å². The summed E-state index contributed by atoms with van der Waals surface area (Å²) < 4.78 is 52.6. The molecule has 1 fully saturated rings. The first-order chi connectivity index (χ1) is 9.23. The Morgan fingerprint density at radius 3 is 2.60 bits per heavy atom. The second-order valence-corrected chi connectivity index (χ2v) is 6.91. The van der Waals surface area contributed by atoms with Crippen LogP contribution in [0.3, 0.4) is 0 Å². The molecule has 1 aromatic carbocycles. The molecular formula is C12H16F2N2O3S. The van der Waals surface area contributed by atoms with E-state index in [-0.39, 0.29) is 25.4 Å². The van der Waals surface area contributed by atoms with E-state index < -0.39 is 38.3 Å². The van der Waals surface area contributed by atoms with E-state index in [4.69, 9.17) is 5.73 Å². The molecule has 5 nitrogen and oxygen atoms in total. The lowest BCUT2D eigenvalue weighted by Crippen LogP contribution is -2.45. The topological polar surface area (TPSA) is 83.6 Å². The molecule has 8 heteroatoms. The van der Waals surface area contributed by atoms with Crippen molar-refractivity contribution in [3.63, 3.8) is 0 Å². The molecule has 1 aliphatic rings. The van der Waals surface area contributed by atoms with E-state index in [2.05, 4.69) is 0 Å². The van der Waals surface area contributed by atoms with Crippen molar-refractivity contribution in [3.05, 3.63) is 23.8 Å². The Hall–Kier alpha value is -1.25. The Morgan fingerprint density at radius 1 is 1.35 bits per heavy atom. The molecule has 2 atom stereocenters. The number of benzene rings is 1. The number of hydrogen-bond acceptors (Lipinski definition) is 4. The van der Waals surface area contributed by atoms with Crippen LogP contribution in [0.5, 0.6) is 0 Å². The van der Waals surface area contributed by atoms with Crippen LogP contribution in [-0.4, -0.2) is 37.0 Å². The molecule has 2 unspecified atom stereocenters. The maximum absolute atomic E-state index is 13.7. The minimum atomic E-state index is -4.09. The number of hydrogen-bond donors (Lipinski definition) is 2. The fraction of sp³-hybridized carbons (Fsp3) is 0.500. The molecule has 0 aliphatic carbocycles. The predicted octanol–water partition coefficient (Wildman–Crippen LogP) is 0.938. The standard InChI is InChI=1S/C12H16F2N2O3S/c1-7-6-16(3-2-11(7)17)20(18,19)12-5-10(15)8(13)4-9(12)14/h4-5,7,11,17H,2-3,6,15H2,1H3. The molecule has 1 aromatic rings. The summed E-state index contributed by atoms with van der Waals surface area (Å²) >= 11 is 0. The molecule has 3 N–H and O–H groups in total. The quantitative estimate of drug-likeness (QED) is 0.797. The zero-order valence-corrected chi connectivity index (χ0v) is 11.7. The van der Waals surface area contributed by atoms with Crippen molar-refractivity contribution < 1.29 is 22.3 Å². The van der Waals surface area contributed by atoms with Crippen LogP contribution in [0.4, 0.5) is 14.5 Å². The number of nitrogens with two attached hydrogens (primary N) is 1. The number of halogens is 2. The number of aliphatic hydroxyl groups excluding tert-OH is 1. The van der Waals surface area contributed by atoms with Gasteiger partial charge in [0, 0.05) is 19.2 Å². The molecule has 0 aromatic heterocycles. The lowest BCUT2D eigenvalue weighted by molar-refractivity contribution is 0.0628. The molecule has 0 saturated carbocycles. The van der Waals surface area contributed by atoms with E-state index in [9.17, 15) is 22.3 Å². The van der Waals surface area contributed by atoms with Crippen molar-refractivity contribution >= 4 is 15.7 Å². The van der Waals surface area contributed by atoms with Crippen LogP contribution in [0.1, 0.15) is 13.3 Å². The predicted molar refractivity (Wildman–Crippen MR) is 69.3 cm³/mol. The van der Waals surface area contributed by atoms with Crippen molar-refractivity contribution in [2.45, 2.75) is 24.3 Å². The fourth-order valence-electron chi connectivity index (χ4n) is 2.19. The molecule has 20 heavy (non-hydrogen) atoms. The molecule has 0 radical (unpaired) electrons. The Morgan fingerprint density at radius 2 is 2.00 bits per heavy atom. The van der Waals surface area contributed by atoms with E-state index in [1.165, 1.54) is 0 Å². The van der Waals surface area contributed by atoms with Gasteiger partial charge in [0.1, 0.15) is 16.5 Å². The van der Waals surface area contributed by atoms with Crippen LogP contribution in [0.2, 0.25) is 0 Å². The maximum Gasteiger partial charge on any atom is 0.246 e. The Balaban J connectivity index is 2.38. The minimum absolute atomic E-state index is 0.0836. The summed E-state index contributed by atoms with van der Waals surface area (Å²) in [5.41, 5.74) is 4.88. The van der Waals surface area contributed by atoms with E-state index in [0.717, 1.165) is 10.4 Å². The van der Waals surface area contributed by atoms with Gasteiger partial charge in [-0.25, -0.2) is 17.2 Å². The molecule has 0 spiro atoms. The van der Waals surface area contributed by atoms with Gasteiger partial charge < -0.3 is 10.8 Å². The molecule has 2 rings (SSSR count). The summed E-state index contributed by atoms with van der Waals surface area (Å²) in [6.07, 6.45) is -0.303. The highest BCUT2D eigenvalue weighted by Gasteiger charge is 2.34. The third-order valence-electron chi connectivity index (χ3n) is 3.49. The van der Waals surface area contributed by atoms with Crippen molar-refractivity contribution in [1.29, 1.82) is 0 Å². The highest BCUT2D eigenvalue weighted by Crippen LogP contribution is 2.27. The summed E-state index contributed by atoms with van der Waals surface area (Å²) in [6, 6.07) is 1.25. The summed E-state index contributed by atoms with van der Waals surface area (Å²) in [4.78, 5) is -0.639. The normalized spacial score (nSPS) is 24.8. The molecular weight excluding hydrogens is 290 g/mol. The molecule has 1 saturated heterocycles. The summed E-state index contributed by atoms with van der Waals surface area (Å²) in [5, 5.41) is 9.60. The van der Waals surface area contributed by atoms with Gasteiger partial charge in [-0.2, -0.15) is 4.31 Å². The molecule has 0 bridgehead atoms. The number of piperidine rings is 1. The second kappa shape index (κ2) is 5.27. The summed E-state index contributed by atoms with van der Waals surface area (Å²) in [6.45, 7) is 1.88. The summed E-state index contributed by atoms with van der Waals surface area (Å²) in [7, 11) is -4.09. The lowest BCUT2D eigenvalue weighted by atomic mass is 9.99. The van der Waals surface area contributed by atoms with Crippen molar-refractivity contribution in [3.8, 4) is 0 Å². The number of nitrogens with zero attached hydrogens (tertiary/aromatic N) is 1. The van der Waals surface area contributed by atoms with E-state index >= 15 is 0 Å². The number of anilines is 1. The van der Waals surface area contributed by atoms with Crippen LogP contribution < -0.4 is 5.73 Å². The average Bonchev–Trinajstić information content (AvgIpc) is 2.36. The highest BCUT2D eigenvalue weighted by molar-refractivity contribution is 7.89. The number of nitrogen functional groups attached to an aromatic ring is 1. The van der Waals surface area contributed by atoms with Gasteiger partial charge in [-0.3, -0.25) is 0 Å². The lowest BCUT2D eigenvalue weighted by Gasteiger charge is -2.33. The van der Waals surface area contributed by atoms with Crippen LogP contribution in [0.25, 0.3) is 0 Å². The van der Waals surface area contributed by atoms with E-state index in [1.54, 1.807) is 6.92 Å². The second-order valence-electron chi connectivity index (χ2n) is 5.00. The van der Waals surface area contributed by atoms with Crippen molar-refractivity contribution in [1.82, 2.24) is 4.31 Å².